The van der Waals surface area contributed by atoms with Crippen LogP contribution in [0.1, 0.15) is 12.0 Å². The summed E-state index contributed by atoms with van der Waals surface area (Å²) < 4.78 is 5.52. The summed E-state index contributed by atoms with van der Waals surface area (Å²) >= 11 is 0. The van der Waals surface area contributed by atoms with Gasteiger partial charge in [0.2, 0.25) is 0 Å². The topological polar surface area (TPSA) is 65.6 Å². The van der Waals surface area contributed by atoms with Crippen molar-refractivity contribution in [1.29, 1.82) is 0 Å². The van der Waals surface area contributed by atoms with Crippen LogP contribution in [0.2, 0.25) is 0 Å². The molecule has 3 heterocycles. The molecule has 1 aromatic carbocycles. The Morgan fingerprint density at radius 1 is 1.45 bits per heavy atom. The van der Waals surface area contributed by atoms with Gasteiger partial charge in [-0.25, -0.2) is 0 Å². The molecule has 0 saturated carbocycles. The molecule has 0 radical (unpaired) electrons. The van der Waals surface area contributed by atoms with E-state index in [4.69, 9.17) is 4.74 Å². The highest BCUT2D eigenvalue weighted by molar-refractivity contribution is 5.82. The van der Waals surface area contributed by atoms with Gasteiger partial charge in [0.05, 0.1) is 12.0 Å². The number of aliphatic carboxylic acids is 1. The van der Waals surface area contributed by atoms with E-state index in [2.05, 4.69) is 34.1 Å². The molecule has 2 fully saturated rings. The van der Waals surface area contributed by atoms with Crippen LogP contribution in [-0.2, 0) is 16.1 Å². The van der Waals surface area contributed by atoms with Gasteiger partial charge in [-0.15, -0.1) is 0 Å². The van der Waals surface area contributed by atoms with E-state index in [0.717, 1.165) is 18.6 Å². The Labute approximate surface area is 128 Å². The molecule has 2 atom stereocenters. The lowest BCUT2D eigenvalue weighted by Gasteiger charge is -2.34. The molecule has 5 nitrogen and oxygen atoms in total. The van der Waals surface area contributed by atoms with Crippen molar-refractivity contribution < 1.29 is 14.6 Å². The monoisotopic (exact) mass is 300 g/mol. The van der Waals surface area contributed by atoms with Gasteiger partial charge in [-0.05, 0) is 23.4 Å². The Balaban J connectivity index is 1.60. The number of carboxylic acid groups (broad SMARTS) is 1. The highest BCUT2D eigenvalue weighted by Crippen LogP contribution is 2.43. The summed E-state index contributed by atoms with van der Waals surface area (Å²) in [5.74, 6) is -0.567. The predicted molar refractivity (Wildman–Crippen MR) is 82.6 cm³/mol. The van der Waals surface area contributed by atoms with Crippen LogP contribution >= 0.6 is 0 Å². The van der Waals surface area contributed by atoms with Gasteiger partial charge in [-0.2, -0.15) is 0 Å². The number of hydrogen-bond acceptors (Lipinski definition) is 3. The van der Waals surface area contributed by atoms with Gasteiger partial charge in [0.15, 0.2) is 0 Å². The molecule has 0 bridgehead atoms. The minimum atomic E-state index is -0.665. The minimum absolute atomic E-state index is 0.0987. The van der Waals surface area contributed by atoms with E-state index >= 15 is 0 Å². The first-order valence-corrected chi connectivity index (χ1v) is 7.77. The van der Waals surface area contributed by atoms with Crippen LogP contribution in [-0.4, -0.2) is 47.3 Å². The molecule has 0 unspecified atom stereocenters. The zero-order chi connectivity index (χ0) is 15.2. The Morgan fingerprint density at radius 3 is 3.18 bits per heavy atom. The van der Waals surface area contributed by atoms with Gasteiger partial charge in [0.1, 0.15) is 0 Å². The summed E-state index contributed by atoms with van der Waals surface area (Å²) in [6, 6.07) is 8.33. The van der Waals surface area contributed by atoms with Crippen molar-refractivity contribution in [2.24, 2.45) is 11.3 Å². The standard InChI is InChI=1S/C17H20N2O3/c20-16(21)17-5-7-22-10-14(17)9-19(11-17)8-13-3-1-2-12-4-6-18-15(12)13/h1-4,6,14,18H,5,7-11H2,(H,20,21)/t14-,17+/m1/s1. The molecule has 0 spiro atoms. The molecule has 2 N–H and O–H groups in total. The Morgan fingerprint density at radius 2 is 2.36 bits per heavy atom. The molecule has 2 aliphatic heterocycles. The number of hydrogen-bond donors (Lipinski definition) is 2. The molecule has 2 aromatic rings. The average Bonchev–Trinajstić information content (AvgIpc) is 3.11. The van der Waals surface area contributed by atoms with Crippen molar-refractivity contribution in [1.82, 2.24) is 9.88 Å². The lowest BCUT2D eigenvalue weighted by molar-refractivity contribution is -0.157. The molecule has 0 amide bonds. The van der Waals surface area contributed by atoms with E-state index in [1.807, 2.05) is 6.20 Å². The SMILES string of the molecule is O=C(O)[C@]12CCOC[C@H]1CN(Cc1cccc3cc[nH]c13)C2. The Bertz CT molecular complexity index is 711. The van der Waals surface area contributed by atoms with Gasteiger partial charge in [-0.3, -0.25) is 9.69 Å². The number of benzene rings is 1. The number of nitrogens with one attached hydrogen (secondary N) is 1. The smallest absolute Gasteiger partial charge is 0.311 e. The number of para-hydroxylation sites is 1. The third-order valence-corrected chi connectivity index (χ3v) is 5.27. The zero-order valence-corrected chi connectivity index (χ0v) is 12.4. The van der Waals surface area contributed by atoms with Crippen LogP contribution in [0, 0.1) is 11.3 Å². The first kappa shape index (κ1) is 13.8. The predicted octanol–water partition coefficient (Wildman–Crippen LogP) is 2.09. The third kappa shape index (κ3) is 2.04. The highest BCUT2D eigenvalue weighted by Gasteiger charge is 2.53. The second kappa shape index (κ2) is 5.11. The molecule has 116 valence electrons. The Kier molecular flexibility index (Phi) is 3.20. The van der Waals surface area contributed by atoms with Gasteiger partial charge in [0, 0.05) is 43.9 Å². The number of aromatic amines is 1. The molecular formula is C17H20N2O3. The van der Waals surface area contributed by atoms with E-state index in [1.54, 1.807) is 0 Å². The summed E-state index contributed by atoms with van der Waals surface area (Å²) in [6.07, 6.45) is 2.57. The molecular weight excluding hydrogens is 280 g/mol. The van der Waals surface area contributed by atoms with Gasteiger partial charge < -0.3 is 14.8 Å². The number of nitrogens with zero attached hydrogens (tertiary/aromatic N) is 1. The maximum absolute atomic E-state index is 11.8. The average molecular weight is 300 g/mol. The number of ether oxygens (including phenoxy) is 1. The number of rotatable bonds is 3. The lowest BCUT2D eigenvalue weighted by atomic mass is 9.74. The van der Waals surface area contributed by atoms with Crippen molar-refractivity contribution in [3.05, 3.63) is 36.0 Å². The van der Waals surface area contributed by atoms with E-state index in [-0.39, 0.29) is 5.92 Å². The summed E-state index contributed by atoms with van der Waals surface area (Å²) in [7, 11) is 0. The molecule has 2 saturated heterocycles. The van der Waals surface area contributed by atoms with Gasteiger partial charge >= 0.3 is 5.97 Å². The molecule has 1 aromatic heterocycles. The van der Waals surface area contributed by atoms with Crippen molar-refractivity contribution in [3.63, 3.8) is 0 Å². The zero-order valence-electron chi connectivity index (χ0n) is 12.4. The fourth-order valence-electron chi connectivity index (χ4n) is 4.05. The third-order valence-electron chi connectivity index (χ3n) is 5.27. The number of carboxylic acids is 1. The number of fused-ring (bicyclic) bond motifs is 2. The normalized spacial score (nSPS) is 28.8. The molecule has 0 aliphatic carbocycles. The van der Waals surface area contributed by atoms with E-state index < -0.39 is 11.4 Å². The van der Waals surface area contributed by atoms with Crippen LogP contribution in [0.25, 0.3) is 10.9 Å². The molecule has 2 aliphatic rings. The summed E-state index contributed by atoms with van der Waals surface area (Å²) in [4.78, 5) is 17.4. The molecule has 4 rings (SSSR count). The van der Waals surface area contributed by atoms with Gasteiger partial charge in [-0.1, -0.05) is 18.2 Å². The number of H-pyrrole nitrogens is 1. The van der Waals surface area contributed by atoms with Crippen LogP contribution in [0.5, 0.6) is 0 Å². The van der Waals surface area contributed by atoms with Crippen molar-refractivity contribution >= 4 is 16.9 Å². The maximum Gasteiger partial charge on any atom is 0.311 e. The van der Waals surface area contributed by atoms with E-state index in [1.165, 1.54) is 10.9 Å². The fraction of sp³-hybridized carbons (Fsp3) is 0.471. The molecule has 5 heteroatoms. The summed E-state index contributed by atoms with van der Waals surface area (Å²) in [5.41, 5.74) is 1.75. The van der Waals surface area contributed by atoms with Crippen molar-refractivity contribution in [2.75, 3.05) is 26.3 Å². The minimum Gasteiger partial charge on any atom is -0.481 e. The fourth-order valence-corrected chi connectivity index (χ4v) is 4.05. The second-order valence-corrected chi connectivity index (χ2v) is 6.51. The molecule has 22 heavy (non-hydrogen) atoms. The summed E-state index contributed by atoms with van der Waals surface area (Å²) in [5, 5.41) is 10.9. The van der Waals surface area contributed by atoms with E-state index in [9.17, 15) is 9.90 Å². The number of aromatic nitrogens is 1. The Hall–Kier alpha value is -1.85. The van der Waals surface area contributed by atoms with Gasteiger partial charge in [0.25, 0.3) is 0 Å². The quantitative estimate of drug-likeness (QED) is 0.911. The lowest BCUT2D eigenvalue weighted by Crippen LogP contribution is -2.44. The largest absolute Gasteiger partial charge is 0.481 e. The number of likely N-dealkylation sites (tertiary alicyclic amines) is 1. The maximum atomic E-state index is 11.8. The number of carbonyl (C=O) groups is 1. The van der Waals surface area contributed by atoms with Crippen LogP contribution in [0.15, 0.2) is 30.5 Å². The van der Waals surface area contributed by atoms with Crippen LogP contribution < -0.4 is 0 Å². The first-order chi connectivity index (χ1) is 10.7. The van der Waals surface area contributed by atoms with Crippen LogP contribution in [0.3, 0.4) is 0 Å². The van der Waals surface area contributed by atoms with Crippen molar-refractivity contribution in [2.45, 2.75) is 13.0 Å². The first-order valence-electron chi connectivity index (χ1n) is 7.77. The van der Waals surface area contributed by atoms with E-state index in [0.29, 0.717) is 26.2 Å². The van der Waals surface area contributed by atoms with Crippen molar-refractivity contribution in [3.8, 4) is 0 Å². The summed E-state index contributed by atoms with van der Waals surface area (Å²) in [6.45, 7) is 3.32. The second-order valence-electron chi connectivity index (χ2n) is 6.51. The highest BCUT2D eigenvalue weighted by atomic mass is 16.5. The van der Waals surface area contributed by atoms with Crippen LogP contribution in [0.4, 0.5) is 0 Å².